The predicted molar refractivity (Wildman–Crippen MR) is 148 cm³/mol. The van der Waals surface area contributed by atoms with Crippen LogP contribution in [-0.2, 0) is 22.6 Å². The molecule has 3 rings (SSSR count). The van der Waals surface area contributed by atoms with Gasteiger partial charge in [-0.3, -0.25) is 9.59 Å². The smallest absolute Gasteiger partial charge is 0.261 e. The highest BCUT2D eigenvalue weighted by Gasteiger charge is 2.33. The highest BCUT2D eigenvalue weighted by atomic mass is 79.9. The van der Waals surface area contributed by atoms with E-state index in [1.807, 2.05) is 63.2 Å². The Bertz CT molecular complexity index is 1160. The van der Waals surface area contributed by atoms with E-state index >= 15 is 0 Å². The summed E-state index contributed by atoms with van der Waals surface area (Å²) in [6.07, 6.45) is 0.314. The van der Waals surface area contributed by atoms with E-state index in [0.717, 1.165) is 10.0 Å². The highest BCUT2D eigenvalue weighted by Crippen LogP contribution is 2.27. The predicted octanol–water partition coefficient (Wildman–Crippen LogP) is 6.69. The molecular formula is C28H29BrCl2N2O3. The fraction of sp³-hybridized carbons (Fsp3) is 0.286. The average Bonchev–Trinajstić information content (AvgIpc) is 2.82. The molecule has 0 radical (unpaired) electrons. The molecule has 0 heterocycles. The minimum Gasteiger partial charge on any atom is -0.484 e. The number of benzene rings is 3. The van der Waals surface area contributed by atoms with Crippen LogP contribution >= 0.6 is 39.1 Å². The zero-order chi connectivity index (χ0) is 26.3. The maximum atomic E-state index is 13.6. The van der Waals surface area contributed by atoms with Crippen LogP contribution in [0.5, 0.6) is 5.75 Å². The van der Waals surface area contributed by atoms with Gasteiger partial charge >= 0.3 is 0 Å². The van der Waals surface area contributed by atoms with Crippen molar-refractivity contribution >= 4 is 50.9 Å². The van der Waals surface area contributed by atoms with Crippen LogP contribution in [0.2, 0.25) is 10.0 Å². The van der Waals surface area contributed by atoms with Gasteiger partial charge in [0.25, 0.3) is 5.91 Å². The van der Waals surface area contributed by atoms with E-state index in [2.05, 4.69) is 21.2 Å². The van der Waals surface area contributed by atoms with Crippen molar-refractivity contribution in [2.75, 3.05) is 6.61 Å². The van der Waals surface area contributed by atoms with Crippen LogP contribution < -0.4 is 10.1 Å². The monoisotopic (exact) mass is 590 g/mol. The number of amides is 2. The lowest BCUT2D eigenvalue weighted by Crippen LogP contribution is -2.55. The van der Waals surface area contributed by atoms with E-state index in [1.165, 1.54) is 4.90 Å². The highest BCUT2D eigenvalue weighted by molar-refractivity contribution is 9.10. The standard InChI is InChI=1S/C28H29BrCl2N2O3/c1-28(2,3)32-27(35)25(16-19-8-5-4-6-9-19)33(17-22-23(30)10-7-11-24(22)31)26(34)18-36-21-14-12-20(29)13-15-21/h4-15,25H,16-18H2,1-3H3,(H,32,35)/t25-/m1/s1. The summed E-state index contributed by atoms with van der Waals surface area (Å²) in [5.41, 5.74) is 0.999. The van der Waals surface area contributed by atoms with Gasteiger partial charge < -0.3 is 15.0 Å². The number of carbonyl (C=O) groups excluding carboxylic acids is 2. The molecular weight excluding hydrogens is 563 g/mol. The zero-order valence-corrected chi connectivity index (χ0v) is 23.5. The first kappa shape index (κ1) is 28.0. The second-order valence-electron chi connectivity index (χ2n) is 9.41. The number of rotatable bonds is 9. The van der Waals surface area contributed by atoms with Crippen LogP contribution in [0.15, 0.2) is 77.3 Å². The molecule has 36 heavy (non-hydrogen) atoms. The van der Waals surface area contributed by atoms with Crippen molar-refractivity contribution in [3.63, 3.8) is 0 Å². The van der Waals surface area contributed by atoms with Crippen molar-refractivity contribution in [2.45, 2.75) is 45.3 Å². The van der Waals surface area contributed by atoms with Crippen molar-refractivity contribution in [3.05, 3.63) is 98.4 Å². The van der Waals surface area contributed by atoms with Crippen LogP contribution in [-0.4, -0.2) is 34.9 Å². The second kappa shape index (κ2) is 12.6. The maximum Gasteiger partial charge on any atom is 0.261 e. The molecule has 0 bridgehead atoms. The van der Waals surface area contributed by atoms with Gasteiger partial charge in [0, 0.05) is 38.6 Å². The summed E-state index contributed by atoms with van der Waals surface area (Å²) >= 11 is 16.3. The summed E-state index contributed by atoms with van der Waals surface area (Å²) in [5, 5.41) is 3.87. The van der Waals surface area contributed by atoms with Gasteiger partial charge in [-0.2, -0.15) is 0 Å². The minimum atomic E-state index is -0.819. The third-order valence-electron chi connectivity index (χ3n) is 5.34. The van der Waals surface area contributed by atoms with Crippen LogP contribution in [0, 0.1) is 0 Å². The van der Waals surface area contributed by atoms with Crippen molar-refractivity contribution in [1.29, 1.82) is 0 Å². The number of nitrogens with zero attached hydrogens (tertiary/aromatic N) is 1. The van der Waals surface area contributed by atoms with Crippen LogP contribution in [0.4, 0.5) is 0 Å². The Kier molecular flexibility index (Phi) is 9.83. The summed E-state index contributed by atoms with van der Waals surface area (Å²) in [7, 11) is 0. The molecule has 1 atom stereocenters. The van der Waals surface area contributed by atoms with Gasteiger partial charge in [-0.05, 0) is 62.7 Å². The SMILES string of the molecule is CC(C)(C)NC(=O)[C@@H](Cc1ccccc1)N(Cc1c(Cl)cccc1Cl)C(=O)COc1ccc(Br)cc1. The molecule has 0 spiro atoms. The summed E-state index contributed by atoms with van der Waals surface area (Å²) in [4.78, 5) is 28.7. The molecule has 8 heteroatoms. The van der Waals surface area contributed by atoms with E-state index in [9.17, 15) is 9.59 Å². The van der Waals surface area contributed by atoms with Crippen LogP contribution in [0.1, 0.15) is 31.9 Å². The minimum absolute atomic E-state index is 0.0517. The first-order valence-corrected chi connectivity index (χ1v) is 13.0. The van der Waals surface area contributed by atoms with Gasteiger partial charge in [0.05, 0.1) is 0 Å². The number of halogens is 3. The van der Waals surface area contributed by atoms with E-state index in [4.69, 9.17) is 27.9 Å². The molecule has 0 saturated heterocycles. The number of ether oxygens (including phenoxy) is 1. The Morgan fingerprint density at radius 3 is 2.14 bits per heavy atom. The molecule has 0 aliphatic rings. The Morgan fingerprint density at radius 2 is 1.56 bits per heavy atom. The normalized spacial score (nSPS) is 12.1. The van der Waals surface area contributed by atoms with E-state index in [1.54, 1.807) is 30.3 Å². The Labute approximate surface area is 230 Å². The molecule has 0 aliphatic carbocycles. The van der Waals surface area contributed by atoms with Gasteiger partial charge in [-0.15, -0.1) is 0 Å². The van der Waals surface area contributed by atoms with Crippen molar-refractivity contribution in [3.8, 4) is 5.75 Å². The van der Waals surface area contributed by atoms with E-state index in [0.29, 0.717) is 27.8 Å². The number of nitrogens with one attached hydrogen (secondary N) is 1. The lowest BCUT2D eigenvalue weighted by atomic mass is 10.0. The number of hydrogen-bond acceptors (Lipinski definition) is 3. The Hall–Kier alpha value is -2.54. The average molecular weight is 592 g/mol. The summed E-state index contributed by atoms with van der Waals surface area (Å²) in [5.74, 6) is -0.0913. The fourth-order valence-corrected chi connectivity index (χ4v) is 4.40. The number of hydrogen-bond donors (Lipinski definition) is 1. The third kappa shape index (κ3) is 8.26. The molecule has 0 unspecified atom stereocenters. The molecule has 190 valence electrons. The second-order valence-corrected chi connectivity index (χ2v) is 11.1. The molecule has 1 N–H and O–H groups in total. The van der Waals surface area contributed by atoms with Gasteiger partial charge in [-0.1, -0.05) is 75.5 Å². The molecule has 3 aromatic rings. The Balaban J connectivity index is 1.97. The molecule has 0 saturated carbocycles. The lowest BCUT2D eigenvalue weighted by Gasteiger charge is -2.34. The van der Waals surface area contributed by atoms with Crippen molar-refractivity contribution in [2.24, 2.45) is 0 Å². The van der Waals surface area contributed by atoms with Gasteiger partial charge in [0.2, 0.25) is 5.91 Å². The third-order valence-corrected chi connectivity index (χ3v) is 6.57. The molecule has 0 aromatic heterocycles. The first-order valence-electron chi connectivity index (χ1n) is 11.5. The lowest BCUT2D eigenvalue weighted by molar-refractivity contribution is -0.143. The molecule has 0 fully saturated rings. The summed E-state index contributed by atoms with van der Waals surface area (Å²) < 4.78 is 6.67. The quantitative estimate of drug-likeness (QED) is 0.302. The van der Waals surface area contributed by atoms with Crippen LogP contribution in [0.3, 0.4) is 0 Å². The maximum absolute atomic E-state index is 13.6. The fourth-order valence-electron chi connectivity index (χ4n) is 3.62. The van der Waals surface area contributed by atoms with Crippen LogP contribution in [0.25, 0.3) is 0 Å². The van der Waals surface area contributed by atoms with E-state index < -0.39 is 11.6 Å². The number of carbonyl (C=O) groups is 2. The largest absolute Gasteiger partial charge is 0.484 e. The summed E-state index contributed by atoms with van der Waals surface area (Å²) in [6, 6.07) is 21.1. The zero-order valence-electron chi connectivity index (χ0n) is 20.4. The van der Waals surface area contributed by atoms with Crippen molar-refractivity contribution < 1.29 is 14.3 Å². The topological polar surface area (TPSA) is 58.6 Å². The van der Waals surface area contributed by atoms with Gasteiger partial charge in [0.1, 0.15) is 11.8 Å². The molecule has 2 amide bonds. The summed E-state index contributed by atoms with van der Waals surface area (Å²) in [6.45, 7) is 5.50. The van der Waals surface area contributed by atoms with Gasteiger partial charge in [-0.25, -0.2) is 0 Å². The van der Waals surface area contributed by atoms with E-state index in [-0.39, 0.29) is 25.0 Å². The Morgan fingerprint density at radius 1 is 0.944 bits per heavy atom. The molecule has 5 nitrogen and oxygen atoms in total. The van der Waals surface area contributed by atoms with Gasteiger partial charge in [0.15, 0.2) is 6.61 Å². The molecule has 0 aliphatic heterocycles. The first-order chi connectivity index (χ1) is 17.0. The molecule has 3 aromatic carbocycles. The van der Waals surface area contributed by atoms with Crippen molar-refractivity contribution in [1.82, 2.24) is 10.2 Å².